The number of likely N-dealkylation sites (N-methyl/N-ethyl adjacent to an activating group) is 2. The van der Waals surface area contributed by atoms with Gasteiger partial charge in [0.2, 0.25) is 0 Å². The molecule has 0 bridgehead atoms. The zero-order valence-corrected chi connectivity index (χ0v) is 8.58. The van der Waals surface area contributed by atoms with Crippen molar-refractivity contribution in [3.8, 4) is 0 Å². The first-order valence-electron chi connectivity index (χ1n) is 4.52. The average molecular weight is 172 g/mol. The third-order valence-electron chi connectivity index (χ3n) is 2.24. The molecule has 1 aliphatic rings. The summed E-state index contributed by atoms with van der Waals surface area (Å²) in [4.78, 5) is 4.51. The highest BCUT2D eigenvalue weighted by molar-refractivity contribution is 4.79. The first-order chi connectivity index (χ1) is 5.59. The Balaban J connectivity index is 2.26. The Morgan fingerprint density at radius 3 is 2.25 bits per heavy atom. The maximum atomic E-state index is 5.23. The second kappa shape index (κ2) is 4.21. The van der Waals surface area contributed by atoms with E-state index in [1.54, 1.807) is 0 Å². The molecule has 72 valence electrons. The molecule has 2 atom stereocenters. The van der Waals surface area contributed by atoms with Gasteiger partial charge < -0.3 is 14.5 Å². The molecule has 3 heteroatoms. The van der Waals surface area contributed by atoms with E-state index < -0.39 is 0 Å². The average Bonchev–Trinajstić information content (AvgIpc) is 2.68. The fourth-order valence-corrected chi connectivity index (χ4v) is 1.38. The highest BCUT2D eigenvalue weighted by Gasteiger charge is 2.27. The van der Waals surface area contributed by atoms with Crippen LogP contribution >= 0.6 is 0 Å². The molecule has 0 aromatic rings. The van der Waals surface area contributed by atoms with E-state index in [9.17, 15) is 0 Å². The molecule has 3 nitrogen and oxygen atoms in total. The van der Waals surface area contributed by atoms with E-state index in [-0.39, 0.29) is 0 Å². The summed E-state index contributed by atoms with van der Waals surface area (Å²) in [6.45, 7) is 2.09. The maximum Gasteiger partial charge on any atom is 0.0825 e. The standard InChI is InChI=1S/C9H20N2O/c1-10(2)6-8(11(3)4)5-9-7-12-9/h8-9H,5-7H2,1-4H3. The van der Waals surface area contributed by atoms with Gasteiger partial charge in [0.1, 0.15) is 0 Å². The smallest absolute Gasteiger partial charge is 0.0825 e. The Kier molecular flexibility index (Phi) is 3.50. The lowest BCUT2D eigenvalue weighted by atomic mass is 10.1. The molecule has 1 heterocycles. The molecule has 2 unspecified atom stereocenters. The molecule has 1 aliphatic heterocycles. The summed E-state index contributed by atoms with van der Waals surface area (Å²) in [6.07, 6.45) is 1.71. The molecule has 0 aliphatic carbocycles. The van der Waals surface area contributed by atoms with Crippen molar-refractivity contribution in [2.45, 2.75) is 18.6 Å². The van der Waals surface area contributed by atoms with Crippen LogP contribution in [0.3, 0.4) is 0 Å². The number of rotatable bonds is 5. The largest absolute Gasteiger partial charge is 0.373 e. The molecule has 0 aromatic carbocycles. The number of epoxide rings is 1. The minimum Gasteiger partial charge on any atom is -0.373 e. The summed E-state index contributed by atoms with van der Waals surface area (Å²) in [5, 5.41) is 0. The van der Waals surface area contributed by atoms with Crippen molar-refractivity contribution in [1.82, 2.24) is 9.80 Å². The van der Waals surface area contributed by atoms with Gasteiger partial charge in [-0.2, -0.15) is 0 Å². The Morgan fingerprint density at radius 1 is 1.33 bits per heavy atom. The van der Waals surface area contributed by atoms with Crippen molar-refractivity contribution in [3.05, 3.63) is 0 Å². The van der Waals surface area contributed by atoms with Crippen LogP contribution in [0.15, 0.2) is 0 Å². The van der Waals surface area contributed by atoms with Crippen molar-refractivity contribution in [2.75, 3.05) is 41.3 Å². The van der Waals surface area contributed by atoms with Crippen molar-refractivity contribution in [1.29, 1.82) is 0 Å². The predicted molar refractivity (Wildman–Crippen MR) is 50.4 cm³/mol. The summed E-state index contributed by atoms with van der Waals surface area (Å²) in [6, 6.07) is 0.632. The van der Waals surface area contributed by atoms with E-state index in [1.807, 2.05) is 0 Å². The van der Waals surface area contributed by atoms with Crippen LogP contribution in [0.5, 0.6) is 0 Å². The number of hydrogen-bond donors (Lipinski definition) is 0. The van der Waals surface area contributed by atoms with E-state index in [0.717, 1.165) is 13.2 Å². The number of hydrogen-bond acceptors (Lipinski definition) is 3. The topological polar surface area (TPSA) is 19.0 Å². The van der Waals surface area contributed by atoms with Crippen molar-refractivity contribution in [3.63, 3.8) is 0 Å². The first kappa shape index (κ1) is 9.96. The van der Waals surface area contributed by atoms with Gasteiger partial charge >= 0.3 is 0 Å². The highest BCUT2D eigenvalue weighted by atomic mass is 16.6. The van der Waals surface area contributed by atoms with Gasteiger partial charge in [0.25, 0.3) is 0 Å². The summed E-state index contributed by atoms with van der Waals surface area (Å²) in [5.41, 5.74) is 0. The normalized spacial score (nSPS) is 25.0. The van der Waals surface area contributed by atoms with Gasteiger partial charge in [-0.3, -0.25) is 0 Å². The second-order valence-electron chi connectivity index (χ2n) is 4.07. The summed E-state index contributed by atoms with van der Waals surface area (Å²) in [7, 11) is 8.50. The lowest BCUT2D eigenvalue weighted by molar-refractivity contribution is 0.203. The molecule has 1 fully saturated rings. The fourth-order valence-electron chi connectivity index (χ4n) is 1.38. The number of ether oxygens (including phenoxy) is 1. The van der Waals surface area contributed by atoms with Gasteiger partial charge in [-0.25, -0.2) is 0 Å². The minimum atomic E-state index is 0.539. The van der Waals surface area contributed by atoms with E-state index in [0.29, 0.717) is 12.1 Å². The molecule has 0 radical (unpaired) electrons. The molecule has 12 heavy (non-hydrogen) atoms. The lowest BCUT2D eigenvalue weighted by Gasteiger charge is -2.26. The van der Waals surface area contributed by atoms with Crippen LogP contribution in [-0.2, 0) is 4.74 Å². The first-order valence-corrected chi connectivity index (χ1v) is 4.52. The molecule has 0 amide bonds. The Labute approximate surface area is 75.3 Å². The third-order valence-corrected chi connectivity index (χ3v) is 2.24. The van der Waals surface area contributed by atoms with Crippen molar-refractivity contribution in [2.24, 2.45) is 0 Å². The zero-order chi connectivity index (χ0) is 9.14. The molecule has 0 aromatic heterocycles. The van der Waals surface area contributed by atoms with Crippen LogP contribution in [0.2, 0.25) is 0 Å². The Bertz CT molecular complexity index is 128. The summed E-state index contributed by atoms with van der Waals surface area (Å²) < 4.78 is 5.23. The number of nitrogens with zero attached hydrogens (tertiary/aromatic N) is 2. The quantitative estimate of drug-likeness (QED) is 0.555. The van der Waals surface area contributed by atoms with Gasteiger partial charge in [0, 0.05) is 12.6 Å². The minimum absolute atomic E-state index is 0.539. The SMILES string of the molecule is CN(C)CC(CC1CO1)N(C)C. The highest BCUT2D eigenvalue weighted by Crippen LogP contribution is 2.17. The van der Waals surface area contributed by atoms with Crippen molar-refractivity contribution >= 4 is 0 Å². The van der Waals surface area contributed by atoms with Crippen molar-refractivity contribution < 1.29 is 4.74 Å². The van der Waals surface area contributed by atoms with Crippen LogP contribution in [0.25, 0.3) is 0 Å². The summed E-state index contributed by atoms with van der Waals surface area (Å²) >= 11 is 0. The van der Waals surface area contributed by atoms with E-state index in [4.69, 9.17) is 4.74 Å². The lowest BCUT2D eigenvalue weighted by Crippen LogP contribution is -2.38. The fraction of sp³-hybridized carbons (Fsp3) is 1.00. The van der Waals surface area contributed by atoms with Crippen LogP contribution in [-0.4, -0.2) is 63.3 Å². The van der Waals surface area contributed by atoms with Gasteiger partial charge in [-0.05, 0) is 34.6 Å². The Morgan fingerprint density at radius 2 is 1.92 bits per heavy atom. The van der Waals surface area contributed by atoms with E-state index >= 15 is 0 Å². The second-order valence-corrected chi connectivity index (χ2v) is 4.07. The van der Waals surface area contributed by atoms with Gasteiger partial charge in [-0.15, -0.1) is 0 Å². The predicted octanol–water partition coefficient (Wildman–Crippen LogP) is 0.267. The summed E-state index contributed by atoms with van der Waals surface area (Å²) in [5.74, 6) is 0. The van der Waals surface area contributed by atoms with Crippen LogP contribution in [0, 0.1) is 0 Å². The van der Waals surface area contributed by atoms with Crippen LogP contribution < -0.4 is 0 Å². The molecule has 0 saturated carbocycles. The van der Waals surface area contributed by atoms with E-state index in [1.165, 1.54) is 6.42 Å². The van der Waals surface area contributed by atoms with Crippen LogP contribution in [0.4, 0.5) is 0 Å². The zero-order valence-electron chi connectivity index (χ0n) is 8.58. The van der Waals surface area contributed by atoms with Gasteiger partial charge in [-0.1, -0.05) is 0 Å². The maximum absolute atomic E-state index is 5.23. The third kappa shape index (κ3) is 3.52. The molecular weight excluding hydrogens is 152 g/mol. The molecule has 0 spiro atoms. The van der Waals surface area contributed by atoms with E-state index in [2.05, 4.69) is 38.0 Å². The monoisotopic (exact) mass is 172 g/mol. The molecular formula is C9H20N2O. The Hall–Kier alpha value is -0.120. The van der Waals surface area contributed by atoms with Crippen LogP contribution in [0.1, 0.15) is 6.42 Å². The molecule has 1 rings (SSSR count). The molecule has 0 N–H and O–H groups in total. The van der Waals surface area contributed by atoms with Gasteiger partial charge in [0.15, 0.2) is 0 Å². The molecule has 1 saturated heterocycles. The van der Waals surface area contributed by atoms with Gasteiger partial charge in [0.05, 0.1) is 12.7 Å².